The molecule has 14 heavy (non-hydrogen) atoms. The Bertz CT molecular complexity index is 344. The molecule has 1 atom stereocenters. The van der Waals surface area contributed by atoms with E-state index in [-0.39, 0.29) is 0 Å². The van der Waals surface area contributed by atoms with E-state index in [0.717, 1.165) is 19.1 Å². The molecule has 1 unspecified atom stereocenters. The van der Waals surface area contributed by atoms with Crippen molar-refractivity contribution in [3.8, 4) is 0 Å². The first-order chi connectivity index (χ1) is 6.84. The molecule has 0 bridgehead atoms. The topological polar surface area (TPSA) is 33.1 Å². The van der Waals surface area contributed by atoms with E-state index in [1.165, 1.54) is 30.9 Å². The highest BCUT2D eigenvalue weighted by Gasteiger charge is 2.25. The number of anilines is 1. The fourth-order valence-corrected chi connectivity index (χ4v) is 2.42. The molecule has 2 aliphatic rings. The molecule has 4 nitrogen and oxygen atoms in total. The van der Waals surface area contributed by atoms with Crippen LogP contribution in [-0.4, -0.2) is 22.9 Å². The van der Waals surface area contributed by atoms with Crippen LogP contribution in [0.2, 0.25) is 0 Å². The molecule has 3 rings (SSSR count). The predicted molar refractivity (Wildman–Crippen MR) is 55.1 cm³/mol. The Morgan fingerprint density at radius 3 is 3.29 bits per heavy atom. The number of nitrogens with zero attached hydrogens (tertiary/aromatic N) is 3. The number of rotatable bonds is 1. The maximum Gasteiger partial charge on any atom is 0.0911 e. The lowest BCUT2D eigenvalue weighted by Crippen LogP contribution is -2.20. The van der Waals surface area contributed by atoms with Crippen LogP contribution in [0, 0.1) is 5.92 Å². The largest absolute Gasteiger partial charge is 0.368 e. The summed E-state index contributed by atoms with van der Waals surface area (Å²) in [6, 6.07) is 0. The standard InChI is InChI=1S/C10H16N4/c1-8-2-3-13(6-8)9-5-12-14-7-11-4-10(9)14/h5,8,11H,2-4,6-7H2,1H3. The van der Waals surface area contributed by atoms with Crippen molar-refractivity contribution in [2.45, 2.75) is 26.6 Å². The quantitative estimate of drug-likeness (QED) is 0.714. The van der Waals surface area contributed by atoms with Crippen molar-refractivity contribution in [2.24, 2.45) is 5.92 Å². The van der Waals surface area contributed by atoms with E-state index in [9.17, 15) is 0 Å². The summed E-state index contributed by atoms with van der Waals surface area (Å²) in [6.45, 7) is 6.56. The summed E-state index contributed by atoms with van der Waals surface area (Å²) in [6.07, 6.45) is 3.34. The average Bonchev–Trinajstić information content (AvgIpc) is 2.77. The summed E-state index contributed by atoms with van der Waals surface area (Å²) in [5, 5.41) is 7.70. The van der Waals surface area contributed by atoms with E-state index in [1.54, 1.807) is 0 Å². The molecule has 1 aromatic rings. The second-order valence-corrected chi connectivity index (χ2v) is 4.40. The summed E-state index contributed by atoms with van der Waals surface area (Å²) in [5.74, 6) is 0.833. The molecule has 0 saturated carbocycles. The monoisotopic (exact) mass is 192 g/mol. The zero-order chi connectivity index (χ0) is 9.54. The minimum absolute atomic E-state index is 0.833. The Morgan fingerprint density at radius 2 is 2.50 bits per heavy atom. The molecule has 1 saturated heterocycles. The maximum atomic E-state index is 4.38. The Labute approximate surface area is 83.9 Å². The average molecular weight is 192 g/mol. The molecule has 0 radical (unpaired) electrons. The zero-order valence-corrected chi connectivity index (χ0v) is 8.53. The fraction of sp³-hybridized carbons (Fsp3) is 0.700. The van der Waals surface area contributed by atoms with Crippen molar-refractivity contribution in [1.29, 1.82) is 0 Å². The van der Waals surface area contributed by atoms with Crippen LogP contribution in [-0.2, 0) is 13.2 Å². The summed E-state index contributed by atoms with van der Waals surface area (Å²) >= 11 is 0. The molecule has 2 aliphatic heterocycles. The van der Waals surface area contributed by atoms with Gasteiger partial charge in [0.15, 0.2) is 0 Å². The van der Waals surface area contributed by atoms with Gasteiger partial charge in [-0.05, 0) is 12.3 Å². The Balaban J connectivity index is 1.89. The first kappa shape index (κ1) is 8.29. The van der Waals surface area contributed by atoms with Gasteiger partial charge in [-0.25, -0.2) is 0 Å². The van der Waals surface area contributed by atoms with Crippen LogP contribution >= 0.6 is 0 Å². The zero-order valence-electron chi connectivity index (χ0n) is 8.53. The van der Waals surface area contributed by atoms with Crippen LogP contribution in [0.25, 0.3) is 0 Å². The van der Waals surface area contributed by atoms with Gasteiger partial charge in [-0.2, -0.15) is 5.10 Å². The highest BCUT2D eigenvalue weighted by molar-refractivity contribution is 5.51. The van der Waals surface area contributed by atoms with Gasteiger partial charge in [-0.3, -0.25) is 10.00 Å². The van der Waals surface area contributed by atoms with Gasteiger partial charge < -0.3 is 4.90 Å². The van der Waals surface area contributed by atoms with Crippen LogP contribution in [0.3, 0.4) is 0 Å². The lowest BCUT2D eigenvalue weighted by atomic mass is 10.2. The van der Waals surface area contributed by atoms with Crippen LogP contribution in [0.5, 0.6) is 0 Å². The van der Waals surface area contributed by atoms with Gasteiger partial charge in [0.05, 0.1) is 24.2 Å². The Hall–Kier alpha value is -1.03. The molecule has 0 amide bonds. The van der Waals surface area contributed by atoms with Gasteiger partial charge in [0.1, 0.15) is 0 Å². The molecular weight excluding hydrogens is 176 g/mol. The first-order valence-corrected chi connectivity index (χ1v) is 5.35. The van der Waals surface area contributed by atoms with Gasteiger partial charge in [-0.15, -0.1) is 0 Å². The van der Waals surface area contributed by atoms with Gasteiger partial charge in [-0.1, -0.05) is 6.92 Å². The molecule has 1 aromatic heterocycles. The molecular formula is C10H16N4. The van der Waals surface area contributed by atoms with Crippen molar-refractivity contribution in [3.63, 3.8) is 0 Å². The summed E-state index contributed by atoms with van der Waals surface area (Å²) in [4.78, 5) is 2.47. The first-order valence-electron chi connectivity index (χ1n) is 5.35. The molecule has 4 heteroatoms. The normalized spacial score (nSPS) is 25.8. The van der Waals surface area contributed by atoms with Crippen molar-refractivity contribution >= 4 is 5.69 Å². The third-order valence-electron chi connectivity index (χ3n) is 3.25. The highest BCUT2D eigenvalue weighted by Crippen LogP contribution is 2.27. The number of hydrogen-bond acceptors (Lipinski definition) is 3. The minimum atomic E-state index is 0.833. The molecule has 76 valence electrons. The van der Waals surface area contributed by atoms with Crippen LogP contribution in [0.4, 0.5) is 5.69 Å². The van der Waals surface area contributed by atoms with E-state index in [0.29, 0.717) is 0 Å². The third kappa shape index (κ3) is 1.14. The number of fused-ring (bicyclic) bond motifs is 1. The number of aromatic nitrogens is 2. The Kier molecular flexibility index (Phi) is 1.77. The molecule has 1 N–H and O–H groups in total. The number of hydrogen-bond donors (Lipinski definition) is 1. The lowest BCUT2D eigenvalue weighted by Gasteiger charge is -2.16. The summed E-state index contributed by atoms with van der Waals surface area (Å²) < 4.78 is 2.07. The Morgan fingerprint density at radius 1 is 1.57 bits per heavy atom. The van der Waals surface area contributed by atoms with Crippen LogP contribution in [0.15, 0.2) is 6.20 Å². The predicted octanol–water partition coefficient (Wildman–Crippen LogP) is 0.790. The molecule has 0 aromatic carbocycles. The molecule has 1 fully saturated rings. The third-order valence-corrected chi connectivity index (χ3v) is 3.25. The second-order valence-electron chi connectivity index (χ2n) is 4.40. The van der Waals surface area contributed by atoms with Gasteiger partial charge in [0.25, 0.3) is 0 Å². The molecule has 3 heterocycles. The van der Waals surface area contributed by atoms with Crippen molar-refractivity contribution in [1.82, 2.24) is 15.1 Å². The van der Waals surface area contributed by atoms with Crippen LogP contribution in [0.1, 0.15) is 19.0 Å². The fourth-order valence-electron chi connectivity index (χ4n) is 2.42. The summed E-state index contributed by atoms with van der Waals surface area (Å²) in [7, 11) is 0. The second kappa shape index (κ2) is 2.98. The smallest absolute Gasteiger partial charge is 0.0911 e. The maximum absolute atomic E-state index is 4.38. The highest BCUT2D eigenvalue weighted by atomic mass is 15.4. The van der Waals surface area contributed by atoms with E-state index >= 15 is 0 Å². The number of nitrogens with one attached hydrogen (secondary N) is 1. The van der Waals surface area contributed by atoms with Crippen LogP contribution < -0.4 is 10.2 Å². The SMILES string of the molecule is CC1CCN(c2cnn3c2CNC3)C1. The van der Waals surface area contributed by atoms with E-state index in [4.69, 9.17) is 0 Å². The van der Waals surface area contributed by atoms with Gasteiger partial charge in [0.2, 0.25) is 0 Å². The summed E-state index contributed by atoms with van der Waals surface area (Å²) in [5.41, 5.74) is 2.71. The van der Waals surface area contributed by atoms with E-state index in [1.807, 2.05) is 6.20 Å². The van der Waals surface area contributed by atoms with Gasteiger partial charge in [0, 0.05) is 19.6 Å². The minimum Gasteiger partial charge on any atom is -0.368 e. The molecule has 0 spiro atoms. The van der Waals surface area contributed by atoms with E-state index < -0.39 is 0 Å². The van der Waals surface area contributed by atoms with Crippen molar-refractivity contribution in [3.05, 3.63) is 11.9 Å². The molecule has 0 aliphatic carbocycles. The van der Waals surface area contributed by atoms with E-state index in [2.05, 4.69) is 26.9 Å². The lowest BCUT2D eigenvalue weighted by molar-refractivity contribution is 0.600. The van der Waals surface area contributed by atoms with Crippen molar-refractivity contribution < 1.29 is 0 Å². The van der Waals surface area contributed by atoms with Crippen molar-refractivity contribution in [2.75, 3.05) is 18.0 Å². The van der Waals surface area contributed by atoms with Gasteiger partial charge >= 0.3 is 0 Å².